The molecule has 1 unspecified atom stereocenters. The Morgan fingerprint density at radius 1 is 1.25 bits per heavy atom. The number of hydrogen-bond acceptors (Lipinski definition) is 2. The van der Waals surface area contributed by atoms with E-state index < -0.39 is 5.60 Å². The van der Waals surface area contributed by atoms with Gasteiger partial charge in [0.15, 0.2) is 0 Å². The van der Waals surface area contributed by atoms with E-state index in [2.05, 4.69) is 0 Å². The van der Waals surface area contributed by atoms with Crippen LogP contribution in [0.5, 0.6) is 0 Å². The smallest absolute Gasteiger partial charge is 0.225 e. The van der Waals surface area contributed by atoms with E-state index in [1.54, 1.807) is 0 Å². The molecule has 1 amide bonds. The summed E-state index contributed by atoms with van der Waals surface area (Å²) in [5.41, 5.74) is -0.654. The summed E-state index contributed by atoms with van der Waals surface area (Å²) in [5.74, 6) is 0.867. The van der Waals surface area contributed by atoms with E-state index in [9.17, 15) is 9.90 Å². The molecule has 1 saturated carbocycles. The molecule has 0 spiro atoms. The predicted molar refractivity (Wildman–Crippen MR) is 62.9 cm³/mol. The van der Waals surface area contributed by atoms with Crippen molar-refractivity contribution >= 4 is 5.91 Å². The molecule has 0 bridgehead atoms. The first-order valence-electron chi connectivity index (χ1n) is 6.49. The first-order chi connectivity index (χ1) is 7.48. The van der Waals surface area contributed by atoms with Crippen LogP contribution in [0.1, 0.15) is 46.0 Å². The van der Waals surface area contributed by atoms with E-state index in [1.807, 2.05) is 18.7 Å². The Morgan fingerprint density at radius 2 is 1.94 bits per heavy atom. The van der Waals surface area contributed by atoms with Crippen molar-refractivity contribution in [3.63, 3.8) is 0 Å². The molecule has 3 heteroatoms. The summed E-state index contributed by atoms with van der Waals surface area (Å²) >= 11 is 0. The topological polar surface area (TPSA) is 40.5 Å². The van der Waals surface area contributed by atoms with Crippen LogP contribution in [0.3, 0.4) is 0 Å². The Kier molecular flexibility index (Phi) is 3.24. The highest BCUT2D eigenvalue weighted by atomic mass is 16.3. The number of carbonyl (C=O) groups is 1. The number of likely N-dealkylation sites (tertiary alicyclic amines) is 1. The second kappa shape index (κ2) is 4.36. The normalized spacial score (nSPS) is 27.7. The zero-order valence-corrected chi connectivity index (χ0v) is 10.4. The SMILES string of the molecule is CC(C)(O)C1CCCN(C(=O)C2CCC2)C1. The molecule has 16 heavy (non-hydrogen) atoms. The molecule has 2 fully saturated rings. The third kappa shape index (κ3) is 2.40. The molecule has 1 saturated heterocycles. The van der Waals surface area contributed by atoms with E-state index in [-0.39, 0.29) is 5.92 Å². The van der Waals surface area contributed by atoms with Crippen LogP contribution >= 0.6 is 0 Å². The van der Waals surface area contributed by atoms with Crippen molar-refractivity contribution in [3.05, 3.63) is 0 Å². The van der Waals surface area contributed by atoms with Gasteiger partial charge in [0.25, 0.3) is 0 Å². The highest BCUT2D eigenvalue weighted by molar-refractivity contribution is 5.79. The van der Waals surface area contributed by atoms with Crippen molar-refractivity contribution in [1.29, 1.82) is 0 Å². The van der Waals surface area contributed by atoms with Crippen LogP contribution in [0.4, 0.5) is 0 Å². The molecule has 1 heterocycles. The van der Waals surface area contributed by atoms with Crippen LogP contribution in [0.25, 0.3) is 0 Å². The third-order valence-corrected chi connectivity index (χ3v) is 4.19. The lowest BCUT2D eigenvalue weighted by atomic mass is 9.81. The van der Waals surface area contributed by atoms with Gasteiger partial charge in [-0.05, 0) is 39.5 Å². The first kappa shape index (κ1) is 11.9. The maximum absolute atomic E-state index is 12.1. The van der Waals surface area contributed by atoms with Crippen molar-refractivity contribution in [2.45, 2.75) is 51.6 Å². The minimum atomic E-state index is -0.654. The average Bonchev–Trinajstić information content (AvgIpc) is 2.14. The third-order valence-electron chi connectivity index (χ3n) is 4.19. The van der Waals surface area contributed by atoms with Crippen LogP contribution in [0, 0.1) is 11.8 Å². The van der Waals surface area contributed by atoms with Gasteiger partial charge in [-0.25, -0.2) is 0 Å². The lowest BCUT2D eigenvalue weighted by molar-refractivity contribution is -0.142. The molecular formula is C13H23NO2. The first-order valence-corrected chi connectivity index (χ1v) is 6.49. The molecule has 2 rings (SSSR count). The standard InChI is InChI=1S/C13H23NO2/c1-13(2,16)11-7-4-8-14(9-11)12(15)10-5-3-6-10/h10-11,16H,3-9H2,1-2H3. The Hall–Kier alpha value is -0.570. The minimum absolute atomic E-state index is 0.241. The molecule has 0 aromatic carbocycles. The Labute approximate surface area is 97.8 Å². The zero-order valence-electron chi connectivity index (χ0n) is 10.4. The van der Waals surface area contributed by atoms with Crippen LogP contribution in [-0.2, 0) is 4.79 Å². The average molecular weight is 225 g/mol. The van der Waals surface area contributed by atoms with Crippen molar-refractivity contribution in [2.24, 2.45) is 11.8 Å². The van der Waals surface area contributed by atoms with E-state index in [0.717, 1.165) is 38.8 Å². The van der Waals surface area contributed by atoms with Crippen LogP contribution in [0.15, 0.2) is 0 Å². The van der Waals surface area contributed by atoms with E-state index in [0.29, 0.717) is 11.8 Å². The molecule has 1 N–H and O–H groups in total. The minimum Gasteiger partial charge on any atom is -0.390 e. The van der Waals surface area contributed by atoms with Gasteiger partial charge in [0.1, 0.15) is 0 Å². The lowest BCUT2D eigenvalue weighted by Gasteiger charge is -2.41. The van der Waals surface area contributed by atoms with Gasteiger partial charge < -0.3 is 10.0 Å². The number of amides is 1. The van der Waals surface area contributed by atoms with Crippen molar-refractivity contribution in [1.82, 2.24) is 4.90 Å². The fourth-order valence-corrected chi connectivity index (χ4v) is 2.67. The predicted octanol–water partition coefficient (Wildman–Crippen LogP) is 1.80. The molecule has 3 nitrogen and oxygen atoms in total. The Balaban J connectivity index is 1.93. The number of nitrogens with zero attached hydrogens (tertiary/aromatic N) is 1. The van der Waals surface area contributed by atoms with E-state index in [1.165, 1.54) is 6.42 Å². The van der Waals surface area contributed by atoms with E-state index >= 15 is 0 Å². The number of carbonyl (C=O) groups excluding carboxylic acids is 1. The Bertz CT molecular complexity index is 266. The van der Waals surface area contributed by atoms with Gasteiger partial charge in [-0.2, -0.15) is 0 Å². The molecule has 2 aliphatic rings. The van der Waals surface area contributed by atoms with Gasteiger partial charge >= 0.3 is 0 Å². The van der Waals surface area contributed by atoms with Crippen LogP contribution < -0.4 is 0 Å². The monoisotopic (exact) mass is 225 g/mol. The molecule has 1 atom stereocenters. The van der Waals surface area contributed by atoms with Gasteiger partial charge in [0.2, 0.25) is 5.91 Å². The second-order valence-electron chi connectivity index (χ2n) is 5.90. The number of hydrogen-bond donors (Lipinski definition) is 1. The summed E-state index contributed by atoms with van der Waals surface area (Å²) in [4.78, 5) is 14.1. The summed E-state index contributed by atoms with van der Waals surface area (Å²) in [6, 6.07) is 0. The summed E-state index contributed by atoms with van der Waals surface area (Å²) < 4.78 is 0. The molecule has 0 radical (unpaired) electrons. The van der Waals surface area contributed by atoms with Crippen molar-refractivity contribution in [3.8, 4) is 0 Å². The quantitative estimate of drug-likeness (QED) is 0.778. The molecule has 1 aliphatic carbocycles. The Morgan fingerprint density at radius 3 is 2.44 bits per heavy atom. The van der Waals surface area contributed by atoms with Crippen molar-refractivity contribution in [2.75, 3.05) is 13.1 Å². The van der Waals surface area contributed by atoms with Crippen LogP contribution in [0.2, 0.25) is 0 Å². The fourth-order valence-electron chi connectivity index (χ4n) is 2.67. The van der Waals surface area contributed by atoms with E-state index in [4.69, 9.17) is 0 Å². The second-order valence-corrected chi connectivity index (χ2v) is 5.90. The summed E-state index contributed by atoms with van der Waals surface area (Å²) in [6.07, 6.45) is 5.43. The largest absolute Gasteiger partial charge is 0.390 e. The zero-order chi connectivity index (χ0) is 11.8. The van der Waals surface area contributed by atoms with Crippen molar-refractivity contribution < 1.29 is 9.90 Å². The van der Waals surface area contributed by atoms with Crippen LogP contribution in [-0.4, -0.2) is 34.6 Å². The van der Waals surface area contributed by atoms with Gasteiger partial charge in [-0.3, -0.25) is 4.79 Å². The van der Waals surface area contributed by atoms with Gasteiger partial charge in [0.05, 0.1) is 5.60 Å². The molecule has 92 valence electrons. The number of aliphatic hydroxyl groups is 1. The maximum Gasteiger partial charge on any atom is 0.225 e. The summed E-state index contributed by atoms with van der Waals surface area (Å²) in [6.45, 7) is 5.35. The molecule has 1 aliphatic heterocycles. The number of rotatable bonds is 2. The molecule has 0 aromatic heterocycles. The summed E-state index contributed by atoms with van der Waals surface area (Å²) in [7, 11) is 0. The fraction of sp³-hybridized carbons (Fsp3) is 0.923. The highest BCUT2D eigenvalue weighted by Crippen LogP contribution is 2.32. The highest BCUT2D eigenvalue weighted by Gasteiger charge is 2.36. The maximum atomic E-state index is 12.1. The van der Waals surface area contributed by atoms with Gasteiger partial charge in [-0.1, -0.05) is 6.42 Å². The number of piperidine rings is 1. The van der Waals surface area contributed by atoms with Gasteiger partial charge in [-0.15, -0.1) is 0 Å². The molecular weight excluding hydrogens is 202 g/mol. The summed E-state index contributed by atoms with van der Waals surface area (Å²) in [5, 5.41) is 10.0. The van der Waals surface area contributed by atoms with Gasteiger partial charge in [0, 0.05) is 24.9 Å². The lowest BCUT2D eigenvalue weighted by Crippen LogP contribution is -2.49. The molecule has 0 aromatic rings.